The van der Waals surface area contributed by atoms with Gasteiger partial charge in [0.15, 0.2) is 0 Å². The molecular weight excluding hydrogens is 278 g/mol. The first-order chi connectivity index (χ1) is 9.61. The topological polar surface area (TPSA) is 60.2 Å². The first-order valence-electron chi connectivity index (χ1n) is 6.53. The second-order valence-electron chi connectivity index (χ2n) is 4.76. The van der Waals surface area contributed by atoms with Gasteiger partial charge in [-0.15, -0.1) is 5.10 Å². The molecule has 6 heteroatoms. The molecule has 1 heterocycles. The number of rotatable bonds is 6. The Balaban J connectivity index is 1.97. The Labute approximate surface area is 123 Å². The van der Waals surface area contributed by atoms with Crippen LogP contribution in [0.25, 0.3) is 0 Å². The highest BCUT2D eigenvalue weighted by Gasteiger charge is 2.15. The molecule has 0 amide bonds. The standard InChI is InChI=1S/C14H18ClN3O2/c1-10(2)14-13(9-19)16-17-18(14)7-8-20-12-5-3-11(15)4-6-12/h3-6,10,19H,7-9H2,1-2H3. The van der Waals surface area contributed by atoms with Crippen LogP contribution < -0.4 is 4.74 Å². The van der Waals surface area contributed by atoms with E-state index < -0.39 is 0 Å². The predicted octanol–water partition coefficient (Wildman–Crippen LogP) is 2.63. The Bertz CT molecular complexity index is 552. The fourth-order valence-electron chi connectivity index (χ4n) is 2.05. The molecule has 2 rings (SSSR count). The molecule has 0 bridgehead atoms. The Morgan fingerprint density at radius 3 is 2.60 bits per heavy atom. The molecule has 0 unspecified atom stereocenters. The van der Waals surface area contributed by atoms with Gasteiger partial charge in [-0.2, -0.15) is 0 Å². The Kier molecular flexibility index (Phi) is 4.98. The normalized spacial score (nSPS) is 11.1. The fraction of sp³-hybridized carbons (Fsp3) is 0.429. The van der Waals surface area contributed by atoms with Crippen LogP contribution in [0.1, 0.15) is 31.2 Å². The summed E-state index contributed by atoms with van der Waals surface area (Å²) in [5.41, 5.74) is 1.58. The summed E-state index contributed by atoms with van der Waals surface area (Å²) < 4.78 is 7.42. The van der Waals surface area contributed by atoms with E-state index in [1.54, 1.807) is 16.8 Å². The Morgan fingerprint density at radius 2 is 2.00 bits per heavy atom. The molecule has 2 aromatic rings. The summed E-state index contributed by atoms with van der Waals surface area (Å²) >= 11 is 5.81. The van der Waals surface area contributed by atoms with Crippen LogP contribution in [0.5, 0.6) is 5.75 Å². The number of aliphatic hydroxyl groups is 1. The van der Waals surface area contributed by atoms with Crippen LogP contribution in [-0.4, -0.2) is 26.7 Å². The minimum absolute atomic E-state index is 0.0917. The first-order valence-corrected chi connectivity index (χ1v) is 6.91. The summed E-state index contributed by atoms with van der Waals surface area (Å²) in [5.74, 6) is 1.02. The maximum absolute atomic E-state index is 9.25. The van der Waals surface area contributed by atoms with E-state index in [0.29, 0.717) is 23.9 Å². The summed E-state index contributed by atoms with van der Waals surface area (Å²) in [6.07, 6.45) is 0. The van der Waals surface area contributed by atoms with Crippen LogP contribution >= 0.6 is 11.6 Å². The van der Waals surface area contributed by atoms with Gasteiger partial charge >= 0.3 is 0 Å². The molecule has 1 aromatic carbocycles. The summed E-state index contributed by atoms with van der Waals surface area (Å²) in [4.78, 5) is 0. The molecule has 0 aliphatic heterocycles. The number of nitrogens with zero attached hydrogens (tertiary/aromatic N) is 3. The van der Waals surface area contributed by atoms with Gasteiger partial charge in [0, 0.05) is 5.02 Å². The van der Waals surface area contributed by atoms with Crippen LogP contribution in [0.2, 0.25) is 5.02 Å². The van der Waals surface area contributed by atoms with Crippen molar-refractivity contribution in [3.63, 3.8) is 0 Å². The van der Waals surface area contributed by atoms with Crippen LogP contribution in [0, 0.1) is 0 Å². The summed E-state index contributed by atoms with van der Waals surface area (Å²) in [7, 11) is 0. The highest BCUT2D eigenvalue weighted by atomic mass is 35.5. The molecular formula is C14H18ClN3O2. The zero-order chi connectivity index (χ0) is 14.5. The number of ether oxygens (including phenoxy) is 1. The van der Waals surface area contributed by atoms with Crippen molar-refractivity contribution in [2.75, 3.05) is 6.61 Å². The molecule has 5 nitrogen and oxygen atoms in total. The number of aromatic nitrogens is 3. The van der Waals surface area contributed by atoms with E-state index in [0.717, 1.165) is 11.4 Å². The molecule has 0 radical (unpaired) electrons. The molecule has 0 atom stereocenters. The molecule has 1 aromatic heterocycles. The monoisotopic (exact) mass is 295 g/mol. The van der Waals surface area contributed by atoms with Gasteiger partial charge in [0.05, 0.1) is 18.8 Å². The van der Waals surface area contributed by atoms with Crippen LogP contribution in [-0.2, 0) is 13.2 Å². The van der Waals surface area contributed by atoms with Gasteiger partial charge in [-0.1, -0.05) is 30.7 Å². The fourth-order valence-corrected chi connectivity index (χ4v) is 2.17. The molecule has 108 valence electrons. The Morgan fingerprint density at radius 1 is 1.30 bits per heavy atom. The second kappa shape index (κ2) is 6.72. The van der Waals surface area contributed by atoms with Crippen LogP contribution in [0.4, 0.5) is 0 Å². The first kappa shape index (κ1) is 14.8. The number of hydrogen-bond donors (Lipinski definition) is 1. The average Bonchev–Trinajstić information content (AvgIpc) is 2.84. The SMILES string of the molecule is CC(C)c1c(CO)nnn1CCOc1ccc(Cl)cc1. The van der Waals surface area contributed by atoms with Gasteiger partial charge in [0.25, 0.3) is 0 Å². The molecule has 1 N–H and O–H groups in total. The molecule has 0 spiro atoms. The van der Waals surface area contributed by atoms with Gasteiger partial charge in [-0.3, -0.25) is 0 Å². The van der Waals surface area contributed by atoms with Gasteiger partial charge in [-0.25, -0.2) is 4.68 Å². The lowest BCUT2D eigenvalue weighted by Crippen LogP contribution is -2.13. The van der Waals surface area contributed by atoms with Crippen molar-refractivity contribution < 1.29 is 9.84 Å². The average molecular weight is 296 g/mol. The molecule has 20 heavy (non-hydrogen) atoms. The third-order valence-corrected chi connectivity index (χ3v) is 3.18. The zero-order valence-electron chi connectivity index (χ0n) is 11.6. The largest absolute Gasteiger partial charge is 0.492 e. The van der Waals surface area contributed by atoms with Crippen molar-refractivity contribution in [2.45, 2.75) is 32.9 Å². The quantitative estimate of drug-likeness (QED) is 0.890. The third-order valence-electron chi connectivity index (χ3n) is 2.93. The van der Waals surface area contributed by atoms with Crippen molar-refractivity contribution in [1.29, 1.82) is 0 Å². The highest BCUT2D eigenvalue weighted by Crippen LogP contribution is 2.18. The van der Waals surface area contributed by atoms with Crippen molar-refractivity contribution >= 4 is 11.6 Å². The van der Waals surface area contributed by atoms with Gasteiger partial charge < -0.3 is 9.84 Å². The van der Waals surface area contributed by atoms with Gasteiger partial charge in [0.2, 0.25) is 0 Å². The number of aliphatic hydroxyl groups excluding tert-OH is 1. The molecule has 0 fully saturated rings. The molecule has 0 aliphatic carbocycles. The third kappa shape index (κ3) is 3.49. The maximum atomic E-state index is 9.25. The summed E-state index contributed by atoms with van der Waals surface area (Å²) in [5, 5.41) is 18.0. The van der Waals surface area contributed by atoms with Crippen LogP contribution in [0.3, 0.4) is 0 Å². The molecule has 0 aliphatic rings. The number of benzene rings is 1. The number of halogens is 1. The van der Waals surface area contributed by atoms with E-state index in [1.165, 1.54) is 0 Å². The van der Waals surface area contributed by atoms with Crippen molar-refractivity contribution in [1.82, 2.24) is 15.0 Å². The van der Waals surface area contributed by atoms with Crippen LogP contribution in [0.15, 0.2) is 24.3 Å². The lowest BCUT2D eigenvalue weighted by molar-refractivity contribution is 0.273. The van der Waals surface area contributed by atoms with Crippen molar-refractivity contribution in [2.24, 2.45) is 0 Å². The molecule has 0 saturated heterocycles. The van der Waals surface area contributed by atoms with E-state index >= 15 is 0 Å². The highest BCUT2D eigenvalue weighted by molar-refractivity contribution is 6.30. The molecule has 0 saturated carbocycles. The second-order valence-corrected chi connectivity index (χ2v) is 5.20. The number of hydrogen-bond acceptors (Lipinski definition) is 4. The minimum atomic E-state index is -0.0917. The van der Waals surface area contributed by atoms with E-state index in [2.05, 4.69) is 24.2 Å². The lowest BCUT2D eigenvalue weighted by Gasteiger charge is -2.11. The van der Waals surface area contributed by atoms with E-state index in [1.807, 2.05) is 12.1 Å². The van der Waals surface area contributed by atoms with E-state index in [9.17, 15) is 5.11 Å². The summed E-state index contributed by atoms with van der Waals surface area (Å²) in [6.45, 7) is 5.08. The lowest BCUT2D eigenvalue weighted by atomic mass is 10.1. The van der Waals surface area contributed by atoms with E-state index in [4.69, 9.17) is 16.3 Å². The zero-order valence-corrected chi connectivity index (χ0v) is 12.3. The van der Waals surface area contributed by atoms with Gasteiger partial charge in [0.1, 0.15) is 18.1 Å². The van der Waals surface area contributed by atoms with Gasteiger partial charge in [-0.05, 0) is 30.2 Å². The van der Waals surface area contributed by atoms with Crippen molar-refractivity contribution in [3.8, 4) is 5.75 Å². The smallest absolute Gasteiger partial charge is 0.119 e. The van der Waals surface area contributed by atoms with Crippen molar-refractivity contribution in [3.05, 3.63) is 40.7 Å². The Hall–Kier alpha value is -1.59. The minimum Gasteiger partial charge on any atom is -0.492 e. The summed E-state index contributed by atoms with van der Waals surface area (Å²) in [6, 6.07) is 7.23. The predicted molar refractivity (Wildman–Crippen MR) is 77.0 cm³/mol. The maximum Gasteiger partial charge on any atom is 0.119 e. The van der Waals surface area contributed by atoms with E-state index in [-0.39, 0.29) is 12.5 Å².